The summed E-state index contributed by atoms with van der Waals surface area (Å²) in [7, 11) is 0. The second-order valence-electron chi connectivity index (χ2n) is 1.71. The Kier molecular flexibility index (Phi) is 4.51. The summed E-state index contributed by atoms with van der Waals surface area (Å²) in [5.41, 5.74) is 7.79. The predicted molar refractivity (Wildman–Crippen MR) is 35.7 cm³/mol. The van der Waals surface area contributed by atoms with Crippen molar-refractivity contribution in [3.8, 4) is 0 Å². The molecule has 0 amide bonds. The lowest BCUT2D eigenvalue weighted by molar-refractivity contribution is -0.145. The molecule has 0 heterocycles. The fourth-order valence-electron chi connectivity index (χ4n) is 0.338. The first-order valence-corrected chi connectivity index (χ1v) is 2.82. The van der Waals surface area contributed by atoms with E-state index < -0.39 is 11.8 Å². The maximum Gasteiger partial charge on any atom is 0.303 e. The number of esters is 1. The normalized spacial score (nSPS) is 8.09. The van der Waals surface area contributed by atoms with Crippen LogP contribution in [0.1, 0.15) is 6.92 Å². The molecule has 0 saturated heterocycles. The molecule has 0 aliphatic heterocycles. The van der Waals surface area contributed by atoms with E-state index in [1.165, 1.54) is 6.92 Å². The summed E-state index contributed by atoms with van der Waals surface area (Å²) in [6.07, 6.45) is 0. The minimum atomic E-state index is -0.528. The van der Waals surface area contributed by atoms with Crippen LogP contribution in [0.4, 0.5) is 0 Å². The van der Waals surface area contributed by atoms with Crippen LogP contribution >= 0.6 is 0 Å². The molecule has 0 unspecified atom stereocenters. The van der Waals surface area contributed by atoms with Crippen molar-refractivity contribution in [2.24, 2.45) is 5.11 Å². The molecule has 6 heteroatoms. The number of carbonyl (C=O) groups excluding carboxylic acids is 2. The Morgan fingerprint density at radius 2 is 2.27 bits per heavy atom. The second kappa shape index (κ2) is 5.25. The fraction of sp³-hybridized carbons (Fsp3) is 0.600. The molecule has 0 spiro atoms. The van der Waals surface area contributed by atoms with Gasteiger partial charge in [-0.1, -0.05) is 5.11 Å². The van der Waals surface area contributed by atoms with Crippen molar-refractivity contribution in [1.82, 2.24) is 0 Å². The number of nitrogens with zero attached hydrogens (tertiary/aromatic N) is 3. The van der Waals surface area contributed by atoms with E-state index >= 15 is 0 Å². The molecule has 0 saturated carbocycles. The molecule has 0 aromatic carbocycles. The Hall–Kier alpha value is -1.55. The Labute approximate surface area is 62.8 Å². The molecule has 6 nitrogen and oxygen atoms in total. The highest BCUT2D eigenvalue weighted by atomic mass is 16.5. The first-order valence-electron chi connectivity index (χ1n) is 2.82. The van der Waals surface area contributed by atoms with Gasteiger partial charge in [0.1, 0.15) is 6.61 Å². The molecule has 0 atom stereocenters. The van der Waals surface area contributed by atoms with E-state index in [4.69, 9.17) is 5.53 Å². The third-order valence-electron chi connectivity index (χ3n) is 0.747. The van der Waals surface area contributed by atoms with Crippen LogP contribution in [0.5, 0.6) is 0 Å². The van der Waals surface area contributed by atoms with Gasteiger partial charge >= 0.3 is 5.97 Å². The number of rotatable bonds is 4. The van der Waals surface area contributed by atoms with Gasteiger partial charge in [0, 0.05) is 11.8 Å². The minimum absolute atomic E-state index is 0.274. The number of ketones is 1. The number of azide groups is 1. The molecule has 11 heavy (non-hydrogen) atoms. The molecular weight excluding hydrogens is 150 g/mol. The molecule has 0 aromatic rings. The quantitative estimate of drug-likeness (QED) is 0.256. The van der Waals surface area contributed by atoms with Gasteiger partial charge in [0.25, 0.3) is 0 Å². The molecule has 0 radical (unpaired) electrons. The van der Waals surface area contributed by atoms with E-state index in [2.05, 4.69) is 14.8 Å². The van der Waals surface area contributed by atoms with Gasteiger partial charge in [-0.2, -0.15) is 0 Å². The smallest absolute Gasteiger partial charge is 0.303 e. The molecule has 0 bridgehead atoms. The highest BCUT2D eigenvalue weighted by molar-refractivity contribution is 5.83. The third-order valence-corrected chi connectivity index (χ3v) is 0.747. The lowest BCUT2D eigenvalue weighted by Gasteiger charge is -1.96. The van der Waals surface area contributed by atoms with Gasteiger partial charge in [-0.25, -0.2) is 0 Å². The molecule has 60 valence electrons. The lowest BCUT2D eigenvalue weighted by atomic mass is 10.4. The average Bonchev–Trinajstić information content (AvgIpc) is 1.97. The van der Waals surface area contributed by atoms with E-state index in [0.29, 0.717) is 0 Å². The van der Waals surface area contributed by atoms with Gasteiger partial charge in [0.05, 0.1) is 6.54 Å². The van der Waals surface area contributed by atoms with Gasteiger partial charge in [-0.15, -0.1) is 0 Å². The Bertz CT molecular complexity index is 207. The predicted octanol–water partition coefficient (Wildman–Crippen LogP) is 0.429. The summed E-state index contributed by atoms with van der Waals surface area (Å²) in [5, 5.41) is 2.99. The number of ether oxygens (including phenoxy) is 1. The van der Waals surface area contributed by atoms with Crippen LogP contribution in [-0.4, -0.2) is 24.9 Å². The average molecular weight is 157 g/mol. The van der Waals surface area contributed by atoms with Crippen molar-refractivity contribution >= 4 is 11.8 Å². The third kappa shape index (κ3) is 6.33. The Balaban J connectivity index is 3.53. The van der Waals surface area contributed by atoms with Crippen LogP contribution in [-0.2, 0) is 14.3 Å². The zero-order chi connectivity index (χ0) is 8.69. The highest BCUT2D eigenvalue weighted by Crippen LogP contribution is 1.80. The number of carbonyl (C=O) groups is 2. The van der Waals surface area contributed by atoms with E-state index in [0.717, 1.165) is 0 Å². The van der Waals surface area contributed by atoms with E-state index in [-0.39, 0.29) is 13.2 Å². The van der Waals surface area contributed by atoms with Crippen LogP contribution in [0, 0.1) is 0 Å². The summed E-state index contributed by atoms with van der Waals surface area (Å²) in [4.78, 5) is 23.1. The van der Waals surface area contributed by atoms with Gasteiger partial charge in [-0.3, -0.25) is 9.59 Å². The second-order valence-corrected chi connectivity index (χ2v) is 1.71. The lowest BCUT2D eigenvalue weighted by Crippen LogP contribution is -2.13. The SMILES string of the molecule is CC(=O)OCC(=O)CN=[N+]=[N-]. The molecule has 0 rings (SSSR count). The maximum atomic E-state index is 10.6. The number of Topliss-reactive ketones (excluding diaryl/α,β-unsaturated/α-hetero) is 1. The van der Waals surface area contributed by atoms with Crippen LogP contribution in [0.25, 0.3) is 10.4 Å². The monoisotopic (exact) mass is 157 g/mol. The van der Waals surface area contributed by atoms with Crippen molar-refractivity contribution in [3.63, 3.8) is 0 Å². The van der Waals surface area contributed by atoms with Crippen LogP contribution in [0.15, 0.2) is 5.11 Å². The number of hydrogen-bond donors (Lipinski definition) is 0. The molecule has 0 fully saturated rings. The van der Waals surface area contributed by atoms with Crippen molar-refractivity contribution < 1.29 is 14.3 Å². The largest absolute Gasteiger partial charge is 0.458 e. The van der Waals surface area contributed by atoms with Gasteiger partial charge in [-0.05, 0) is 5.53 Å². The van der Waals surface area contributed by atoms with Gasteiger partial charge < -0.3 is 4.74 Å². The molecule has 0 N–H and O–H groups in total. The summed E-state index contributed by atoms with van der Waals surface area (Å²) < 4.78 is 4.33. The first-order chi connectivity index (χ1) is 5.16. The minimum Gasteiger partial charge on any atom is -0.458 e. The van der Waals surface area contributed by atoms with E-state index in [9.17, 15) is 9.59 Å². The van der Waals surface area contributed by atoms with Crippen LogP contribution < -0.4 is 0 Å². The molecule has 0 aromatic heterocycles. The van der Waals surface area contributed by atoms with Crippen molar-refractivity contribution in [2.45, 2.75) is 6.92 Å². The standard InChI is InChI=1S/C5H7N3O3/c1-4(9)11-3-5(10)2-7-8-6/h2-3H2,1H3. The maximum absolute atomic E-state index is 10.6. The summed E-state index contributed by atoms with van der Waals surface area (Å²) in [5.74, 6) is -0.947. The van der Waals surface area contributed by atoms with Crippen LogP contribution in [0.3, 0.4) is 0 Å². The Morgan fingerprint density at radius 3 is 2.73 bits per heavy atom. The van der Waals surface area contributed by atoms with Crippen molar-refractivity contribution in [3.05, 3.63) is 10.4 Å². The van der Waals surface area contributed by atoms with E-state index in [1.54, 1.807) is 0 Å². The van der Waals surface area contributed by atoms with Gasteiger partial charge in [0.2, 0.25) is 0 Å². The molecule has 0 aliphatic rings. The highest BCUT2D eigenvalue weighted by Gasteiger charge is 2.01. The molecular formula is C5H7N3O3. The summed E-state index contributed by atoms with van der Waals surface area (Å²) >= 11 is 0. The zero-order valence-electron chi connectivity index (χ0n) is 5.98. The molecule has 0 aliphatic carbocycles. The summed E-state index contributed by atoms with van der Waals surface area (Å²) in [6, 6.07) is 0. The van der Waals surface area contributed by atoms with Crippen LogP contribution in [0.2, 0.25) is 0 Å². The van der Waals surface area contributed by atoms with Crippen molar-refractivity contribution in [2.75, 3.05) is 13.2 Å². The van der Waals surface area contributed by atoms with E-state index in [1.807, 2.05) is 0 Å². The van der Waals surface area contributed by atoms with Gasteiger partial charge in [0.15, 0.2) is 5.78 Å². The summed E-state index contributed by atoms with van der Waals surface area (Å²) in [6.45, 7) is 0.596. The topological polar surface area (TPSA) is 92.1 Å². The number of hydrogen-bond acceptors (Lipinski definition) is 4. The Morgan fingerprint density at radius 1 is 1.64 bits per heavy atom. The first kappa shape index (κ1) is 9.45. The fourth-order valence-corrected chi connectivity index (χ4v) is 0.338. The zero-order valence-corrected chi connectivity index (χ0v) is 5.98. The van der Waals surface area contributed by atoms with Crippen molar-refractivity contribution in [1.29, 1.82) is 0 Å².